The van der Waals surface area contributed by atoms with Crippen LogP contribution in [0, 0.1) is 0 Å². The summed E-state index contributed by atoms with van der Waals surface area (Å²) in [5.74, 6) is -1.05. The molecule has 1 aromatic carbocycles. The van der Waals surface area contributed by atoms with Gasteiger partial charge in [-0.1, -0.05) is 23.3 Å². The maximum Gasteiger partial charge on any atom is 0.345 e. The van der Waals surface area contributed by atoms with Gasteiger partial charge in [0.2, 0.25) is 0 Å². The van der Waals surface area contributed by atoms with Gasteiger partial charge in [-0.25, -0.2) is 4.79 Å². The molecule has 0 atom stereocenters. The fraction of sp³-hybridized carbons (Fsp3) is 0. The third-order valence-corrected chi connectivity index (χ3v) is 2.66. The number of carbonyl (C=O) groups is 1. The fourth-order valence-electron chi connectivity index (χ4n) is 1.71. The number of tetrazole rings is 1. The molecule has 2 aromatic heterocycles. The number of aromatic carboxylic acids is 1. The van der Waals surface area contributed by atoms with Crippen molar-refractivity contribution in [2.24, 2.45) is 0 Å². The van der Waals surface area contributed by atoms with Crippen molar-refractivity contribution >= 4 is 5.97 Å². The van der Waals surface area contributed by atoms with E-state index in [1.165, 1.54) is 23.1 Å². The minimum atomic E-state index is -1.12. The minimum absolute atomic E-state index is 0.0207. The highest BCUT2D eigenvalue weighted by Gasteiger charge is 2.16. The summed E-state index contributed by atoms with van der Waals surface area (Å²) in [4.78, 5) is 15.0. The molecule has 0 spiro atoms. The molecule has 1 N–H and O–H groups in total. The van der Waals surface area contributed by atoms with Crippen LogP contribution in [0.2, 0.25) is 0 Å². The molecule has 0 fully saturated rings. The van der Waals surface area contributed by atoms with Crippen LogP contribution in [0.15, 0.2) is 48.8 Å². The third-order valence-electron chi connectivity index (χ3n) is 2.66. The number of carboxylic acid groups (broad SMARTS) is 1. The minimum Gasteiger partial charge on any atom is -0.478 e. The zero-order valence-corrected chi connectivity index (χ0v) is 10.6. The van der Waals surface area contributed by atoms with Crippen LogP contribution >= 0.6 is 0 Å². The smallest absolute Gasteiger partial charge is 0.345 e. The van der Waals surface area contributed by atoms with Gasteiger partial charge in [0.1, 0.15) is 5.56 Å². The van der Waals surface area contributed by atoms with E-state index in [1.807, 2.05) is 18.2 Å². The lowest BCUT2D eigenvalue weighted by Crippen LogP contribution is -2.04. The first-order valence-corrected chi connectivity index (χ1v) is 5.94. The van der Waals surface area contributed by atoms with Crippen molar-refractivity contribution in [2.75, 3.05) is 0 Å². The van der Waals surface area contributed by atoms with E-state index in [0.29, 0.717) is 5.69 Å². The van der Waals surface area contributed by atoms with Gasteiger partial charge < -0.3 is 9.84 Å². The monoisotopic (exact) mass is 283 g/mol. The van der Waals surface area contributed by atoms with Gasteiger partial charge in [-0.2, -0.15) is 4.68 Å². The zero-order chi connectivity index (χ0) is 14.7. The topological polar surface area (TPSA) is 103 Å². The van der Waals surface area contributed by atoms with Gasteiger partial charge in [-0.15, -0.1) is 0 Å². The molecular formula is C13H9N5O3. The summed E-state index contributed by atoms with van der Waals surface area (Å²) < 4.78 is 6.84. The maximum atomic E-state index is 11.1. The molecule has 2 heterocycles. The van der Waals surface area contributed by atoms with E-state index in [0.717, 1.165) is 0 Å². The van der Waals surface area contributed by atoms with Gasteiger partial charge in [-0.05, 0) is 28.6 Å². The molecule has 0 amide bonds. The molecule has 8 nitrogen and oxygen atoms in total. The van der Waals surface area contributed by atoms with E-state index in [4.69, 9.17) is 9.84 Å². The average Bonchev–Trinajstić information content (AvgIpc) is 2.96. The number of nitrogens with zero attached hydrogens (tertiary/aromatic N) is 5. The van der Waals surface area contributed by atoms with Crippen molar-refractivity contribution in [2.45, 2.75) is 0 Å². The lowest BCUT2D eigenvalue weighted by molar-refractivity contribution is 0.0693. The first-order chi connectivity index (χ1) is 10.3. The third kappa shape index (κ3) is 2.54. The van der Waals surface area contributed by atoms with Crippen LogP contribution in [0.4, 0.5) is 0 Å². The van der Waals surface area contributed by atoms with E-state index in [1.54, 1.807) is 12.1 Å². The number of rotatable bonds is 4. The molecule has 0 saturated carbocycles. The first-order valence-electron chi connectivity index (χ1n) is 5.94. The molecule has 0 unspecified atom stereocenters. The molecule has 21 heavy (non-hydrogen) atoms. The number of hydrogen-bond acceptors (Lipinski definition) is 6. The SMILES string of the molecule is O=C(O)c1ccncc1Oc1nnnn1-c1ccccc1. The maximum absolute atomic E-state index is 11.1. The van der Waals surface area contributed by atoms with Gasteiger partial charge >= 0.3 is 12.0 Å². The molecule has 0 bridgehead atoms. The Morgan fingerprint density at radius 3 is 2.76 bits per heavy atom. The van der Waals surface area contributed by atoms with Gasteiger partial charge in [0.25, 0.3) is 0 Å². The van der Waals surface area contributed by atoms with Crippen LogP contribution in [-0.4, -0.2) is 36.3 Å². The Hall–Kier alpha value is -3.29. The Morgan fingerprint density at radius 1 is 1.19 bits per heavy atom. The highest BCUT2D eigenvalue weighted by molar-refractivity contribution is 5.90. The van der Waals surface area contributed by atoms with E-state index >= 15 is 0 Å². The highest BCUT2D eigenvalue weighted by Crippen LogP contribution is 2.23. The predicted molar refractivity (Wildman–Crippen MR) is 70.4 cm³/mol. The number of hydrogen-bond donors (Lipinski definition) is 1. The van der Waals surface area contributed by atoms with Crippen LogP contribution in [0.1, 0.15) is 10.4 Å². The molecular weight excluding hydrogens is 274 g/mol. The Bertz CT molecular complexity index is 772. The molecule has 0 aliphatic rings. The lowest BCUT2D eigenvalue weighted by Gasteiger charge is -2.07. The van der Waals surface area contributed by atoms with Crippen LogP contribution in [-0.2, 0) is 0 Å². The van der Waals surface area contributed by atoms with E-state index in [-0.39, 0.29) is 17.3 Å². The Morgan fingerprint density at radius 2 is 2.00 bits per heavy atom. The molecule has 104 valence electrons. The van der Waals surface area contributed by atoms with Gasteiger partial charge in [0, 0.05) is 6.20 Å². The van der Waals surface area contributed by atoms with Crippen molar-refractivity contribution in [3.8, 4) is 17.4 Å². The molecule has 0 radical (unpaired) electrons. The van der Waals surface area contributed by atoms with Gasteiger partial charge in [-0.3, -0.25) is 4.98 Å². The number of carboxylic acids is 1. The Labute approximate surface area is 118 Å². The number of benzene rings is 1. The highest BCUT2D eigenvalue weighted by atomic mass is 16.5. The van der Waals surface area contributed by atoms with Crippen molar-refractivity contribution in [1.82, 2.24) is 25.2 Å². The average molecular weight is 283 g/mol. The quantitative estimate of drug-likeness (QED) is 0.774. The summed E-state index contributed by atoms with van der Waals surface area (Å²) in [6.07, 6.45) is 2.67. The summed E-state index contributed by atoms with van der Waals surface area (Å²) in [5, 5.41) is 20.2. The fourth-order valence-corrected chi connectivity index (χ4v) is 1.71. The number of para-hydroxylation sites is 1. The van der Waals surface area contributed by atoms with Crippen molar-refractivity contribution in [1.29, 1.82) is 0 Å². The molecule has 0 aliphatic carbocycles. The van der Waals surface area contributed by atoms with Crippen molar-refractivity contribution in [3.05, 3.63) is 54.4 Å². The number of ether oxygens (including phenoxy) is 1. The van der Waals surface area contributed by atoms with E-state index < -0.39 is 5.97 Å². The summed E-state index contributed by atoms with van der Waals surface area (Å²) in [6, 6.07) is 10.5. The second kappa shape index (κ2) is 5.37. The molecule has 0 aliphatic heterocycles. The molecule has 3 rings (SSSR count). The van der Waals surface area contributed by atoms with Gasteiger partial charge in [0.15, 0.2) is 5.75 Å². The molecule has 3 aromatic rings. The largest absolute Gasteiger partial charge is 0.478 e. The van der Waals surface area contributed by atoms with Crippen LogP contribution < -0.4 is 4.74 Å². The van der Waals surface area contributed by atoms with Gasteiger partial charge in [0.05, 0.1) is 11.9 Å². The standard InChI is InChI=1S/C13H9N5O3/c19-12(20)10-6-7-14-8-11(10)21-13-15-16-17-18(13)9-4-2-1-3-5-9/h1-8H,(H,19,20). The number of aromatic nitrogens is 5. The normalized spacial score (nSPS) is 10.3. The Kier molecular flexibility index (Phi) is 3.26. The number of pyridine rings is 1. The van der Waals surface area contributed by atoms with Crippen molar-refractivity contribution in [3.63, 3.8) is 0 Å². The van der Waals surface area contributed by atoms with Crippen LogP contribution in [0.3, 0.4) is 0 Å². The van der Waals surface area contributed by atoms with Crippen LogP contribution in [0.25, 0.3) is 5.69 Å². The summed E-state index contributed by atoms with van der Waals surface area (Å²) >= 11 is 0. The zero-order valence-electron chi connectivity index (χ0n) is 10.6. The van der Waals surface area contributed by atoms with E-state index in [9.17, 15) is 4.79 Å². The Balaban J connectivity index is 1.98. The van der Waals surface area contributed by atoms with Crippen molar-refractivity contribution < 1.29 is 14.6 Å². The summed E-state index contributed by atoms with van der Waals surface area (Å²) in [7, 11) is 0. The molecule has 0 saturated heterocycles. The lowest BCUT2D eigenvalue weighted by atomic mass is 10.2. The predicted octanol–water partition coefficient (Wildman–Crippen LogP) is 1.55. The summed E-state index contributed by atoms with van der Waals surface area (Å²) in [5.41, 5.74) is 0.672. The second-order valence-corrected chi connectivity index (χ2v) is 3.99. The summed E-state index contributed by atoms with van der Waals surface area (Å²) in [6.45, 7) is 0. The van der Waals surface area contributed by atoms with Crippen LogP contribution in [0.5, 0.6) is 11.8 Å². The second-order valence-electron chi connectivity index (χ2n) is 3.99. The van der Waals surface area contributed by atoms with E-state index in [2.05, 4.69) is 20.5 Å². The first kappa shape index (κ1) is 12.7. The molecule has 8 heteroatoms.